The van der Waals surface area contributed by atoms with Crippen LogP contribution in [-0.2, 0) is 11.2 Å². The second kappa shape index (κ2) is 5.26. The van der Waals surface area contributed by atoms with Crippen molar-refractivity contribution in [1.29, 1.82) is 0 Å². The van der Waals surface area contributed by atoms with Gasteiger partial charge in [0.05, 0.1) is 0 Å². The van der Waals surface area contributed by atoms with Crippen LogP contribution in [0, 0.1) is 0 Å². The van der Waals surface area contributed by atoms with Gasteiger partial charge in [-0.05, 0) is 0 Å². The molecule has 3 N–H and O–H groups in total. The Morgan fingerprint density at radius 1 is 1.62 bits per heavy atom. The molecule has 13 heavy (non-hydrogen) atoms. The largest absolute Gasteiger partial charge is 0.370 e. The molecule has 0 bridgehead atoms. The number of amides is 1. The Bertz CT molecular complexity index is 247. The van der Waals surface area contributed by atoms with Gasteiger partial charge in [0.2, 0.25) is 11.8 Å². The van der Waals surface area contributed by atoms with E-state index in [1.54, 1.807) is 0 Å². The third-order valence-electron chi connectivity index (χ3n) is 1.47. The number of aromatic nitrogens is 2. The third-order valence-corrected chi connectivity index (χ3v) is 1.47. The van der Waals surface area contributed by atoms with Crippen molar-refractivity contribution in [3.8, 4) is 0 Å². The van der Waals surface area contributed by atoms with Gasteiger partial charge in [0, 0.05) is 25.9 Å². The van der Waals surface area contributed by atoms with E-state index in [0.29, 0.717) is 31.8 Å². The predicted molar refractivity (Wildman–Crippen MR) is 44.7 cm³/mol. The van der Waals surface area contributed by atoms with Crippen LogP contribution in [0.3, 0.4) is 0 Å². The second-order valence-electron chi connectivity index (χ2n) is 2.55. The zero-order valence-electron chi connectivity index (χ0n) is 7.19. The van der Waals surface area contributed by atoms with Gasteiger partial charge in [0.25, 0.3) is 0 Å². The quantitative estimate of drug-likeness (QED) is 0.557. The first-order valence-electron chi connectivity index (χ1n) is 4.03. The lowest BCUT2D eigenvalue weighted by Crippen LogP contribution is -2.23. The Morgan fingerprint density at radius 2 is 2.46 bits per heavy atom. The minimum absolute atomic E-state index is 0.301. The Morgan fingerprint density at radius 3 is 3.08 bits per heavy atom. The van der Waals surface area contributed by atoms with Gasteiger partial charge in [0.1, 0.15) is 0 Å². The molecular formula is C7H12N4O2. The molecule has 0 spiro atoms. The summed E-state index contributed by atoms with van der Waals surface area (Å²) in [5.74, 6) is 0.289. The fourth-order valence-electron chi connectivity index (χ4n) is 0.838. The molecule has 0 fully saturated rings. The van der Waals surface area contributed by atoms with E-state index in [-0.39, 0.29) is 5.91 Å². The van der Waals surface area contributed by atoms with Crippen molar-refractivity contribution in [2.45, 2.75) is 12.8 Å². The van der Waals surface area contributed by atoms with Crippen molar-refractivity contribution in [2.75, 3.05) is 13.1 Å². The van der Waals surface area contributed by atoms with Crippen LogP contribution in [-0.4, -0.2) is 29.1 Å². The maximum atomic E-state index is 10.3. The summed E-state index contributed by atoms with van der Waals surface area (Å²) in [7, 11) is 0. The molecule has 0 aliphatic heterocycles. The Balaban J connectivity index is 1.99. The predicted octanol–water partition coefficient (Wildman–Crippen LogP) is -0.923. The summed E-state index contributed by atoms with van der Waals surface area (Å²) in [5.41, 5.74) is 4.95. The number of hydrogen-bond acceptors (Lipinski definition) is 5. The molecule has 0 unspecified atom stereocenters. The Labute approximate surface area is 75.5 Å². The standard InChI is InChI=1S/C7H12N4O2/c8-6(12)1-3-9-4-2-7-10-5-11-13-7/h5,9H,1-4H2,(H2,8,12). The van der Waals surface area contributed by atoms with Gasteiger partial charge in [-0.25, -0.2) is 0 Å². The highest BCUT2D eigenvalue weighted by atomic mass is 16.5. The van der Waals surface area contributed by atoms with Gasteiger partial charge in [0.15, 0.2) is 6.33 Å². The van der Waals surface area contributed by atoms with Crippen LogP contribution in [0.15, 0.2) is 10.9 Å². The lowest BCUT2D eigenvalue weighted by Gasteiger charge is -1.99. The summed E-state index contributed by atoms with van der Waals surface area (Å²) in [5, 5.41) is 6.49. The Hall–Kier alpha value is -1.43. The maximum absolute atomic E-state index is 10.3. The fourth-order valence-corrected chi connectivity index (χ4v) is 0.838. The number of carbonyl (C=O) groups excluding carboxylic acids is 1. The number of rotatable bonds is 6. The molecule has 0 aromatic carbocycles. The van der Waals surface area contributed by atoms with E-state index in [9.17, 15) is 4.79 Å². The minimum Gasteiger partial charge on any atom is -0.370 e. The number of nitrogens with zero attached hydrogens (tertiary/aromatic N) is 2. The highest BCUT2D eigenvalue weighted by Gasteiger charge is 1.98. The van der Waals surface area contributed by atoms with Gasteiger partial charge in [-0.2, -0.15) is 4.98 Å². The van der Waals surface area contributed by atoms with Crippen molar-refractivity contribution in [2.24, 2.45) is 5.73 Å². The van der Waals surface area contributed by atoms with E-state index in [2.05, 4.69) is 15.5 Å². The van der Waals surface area contributed by atoms with Crippen LogP contribution in [0.5, 0.6) is 0 Å². The van der Waals surface area contributed by atoms with Crippen LogP contribution in [0.1, 0.15) is 12.3 Å². The molecule has 1 rings (SSSR count). The van der Waals surface area contributed by atoms with Crippen LogP contribution >= 0.6 is 0 Å². The normalized spacial score (nSPS) is 10.2. The van der Waals surface area contributed by atoms with Crippen LogP contribution in [0.25, 0.3) is 0 Å². The summed E-state index contributed by atoms with van der Waals surface area (Å²) in [6, 6.07) is 0. The molecule has 0 saturated heterocycles. The zero-order chi connectivity index (χ0) is 9.52. The number of nitrogens with one attached hydrogen (secondary N) is 1. The summed E-state index contributed by atoms with van der Waals surface area (Å²) in [6.45, 7) is 1.29. The highest BCUT2D eigenvalue weighted by molar-refractivity contribution is 5.73. The number of hydrogen-bond donors (Lipinski definition) is 2. The zero-order valence-corrected chi connectivity index (χ0v) is 7.19. The molecule has 0 saturated carbocycles. The third kappa shape index (κ3) is 4.22. The van der Waals surface area contributed by atoms with E-state index in [4.69, 9.17) is 10.3 Å². The van der Waals surface area contributed by atoms with Gasteiger partial charge in [-0.3, -0.25) is 4.79 Å². The molecule has 72 valence electrons. The molecule has 6 heteroatoms. The van der Waals surface area contributed by atoms with Gasteiger partial charge < -0.3 is 15.6 Å². The number of carbonyl (C=O) groups is 1. The first kappa shape index (κ1) is 9.66. The maximum Gasteiger partial charge on any atom is 0.227 e. The topological polar surface area (TPSA) is 94.0 Å². The van der Waals surface area contributed by atoms with E-state index in [1.807, 2.05) is 0 Å². The number of nitrogens with two attached hydrogens (primary N) is 1. The monoisotopic (exact) mass is 184 g/mol. The molecule has 0 aliphatic rings. The van der Waals surface area contributed by atoms with Crippen LogP contribution in [0.4, 0.5) is 0 Å². The summed E-state index contributed by atoms with van der Waals surface area (Å²) >= 11 is 0. The van der Waals surface area contributed by atoms with Crippen molar-refractivity contribution in [3.05, 3.63) is 12.2 Å². The number of primary amides is 1. The molecule has 6 nitrogen and oxygen atoms in total. The smallest absolute Gasteiger partial charge is 0.227 e. The SMILES string of the molecule is NC(=O)CCNCCc1ncno1. The average molecular weight is 184 g/mol. The van der Waals surface area contributed by atoms with E-state index < -0.39 is 0 Å². The average Bonchev–Trinajstić information content (AvgIpc) is 2.55. The second-order valence-corrected chi connectivity index (χ2v) is 2.55. The molecule has 1 heterocycles. The van der Waals surface area contributed by atoms with Crippen molar-refractivity contribution < 1.29 is 9.32 Å². The summed E-state index contributed by atoms with van der Waals surface area (Å²) in [4.78, 5) is 14.2. The molecule has 0 aliphatic carbocycles. The summed E-state index contributed by atoms with van der Waals surface area (Å²) in [6.07, 6.45) is 2.38. The van der Waals surface area contributed by atoms with Crippen LogP contribution < -0.4 is 11.1 Å². The molecule has 1 aromatic heterocycles. The van der Waals surface area contributed by atoms with Gasteiger partial charge in [-0.1, -0.05) is 5.16 Å². The van der Waals surface area contributed by atoms with Crippen molar-refractivity contribution in [3.63, 3.8) is 0 Å². The first-order chi connectivity index (χ1) is 6.29. The van der Waals surface area contributed by atoms with Crippen molar-refractivity contribution >= 4 is 5.91 Å². The molecule has 0 atom stereocenters. The molecular weight excluding hydrogens is 172 g/mol. The lowest BCUT2D eigenvalue weighted by molar-refractivity contribution is -0.117. The van der Waals surface area contributed by atoms with Crippen LogP contribution in [0.2, 0.25) is 0 Å². The van der Waals surface area contributed by atoms with E-state index in [1.165, 1.54) is 6.33 Å². The lowest BCUT2D eigenvalue weighted by atomic mass is 10.4. The fraction of sp³-hybridized carbons (Fsp3) is 0.571. The van der Waals surface area contributed by atoms with E-state index in [0.717, 1.165) is 0 Å². The molecule has 1 aromatic rings. The summed E-state index contributed by atoms with van der Waals surface area (Å²) < 4.78 is 4.77. The highest BCUT2D eigenvalue weighted by Crippen LogP contribution is 1.90. The molecule has 1 amide bonds. The molecule has 0 radical (unpaired) electrons. The van der Waals surface area contributed by atoms with Crippen molar-refractivity contribution in [1.82, 2.24) is 15.5 Å². The van der Waals surface area contributed by atoms with Gasteiger partial charge >= 0.3 is 0 Å². The van der Waals surface area contributed by atoms with E-state index >= 15 is 0 Å². The first-order valence-corrected chi connectivity index (χ1v) is 4.03. The van der Waals surface area contributed by atoms with Gasteiger partial charge in [-0.15, -0.1) is 0 Å². The minimum atomic E-state index is -0.301. The Kier molecular flexibility index (Phi) is 3.90.